The Morgan fingerprint density at radius 1 is 1.45 bits per heavy atom. The lowest BCUT2D eigenvalue weighted by Crippen LogP contribution is -2.44. The van der Waals surface area contributed by atoms with Crippen LogP contribution in [-0.4, -0.2) is 43.1 Å². The van der Waals surface area contributed by atoms with Crippen molar-refractivity contribution in [3.63, 3.8) is 0 Å². The molecule has 1 atom stereocenters. The predicted octanol–water partition coefficient (Wildman–Crippen LogP) is 2.27. The van der Waals surface area contributed by atoms with Gasteiger partial charge < -0.3 is 10.6 Å². The zero-order valence-electron chi connectivity index (χ0n) is 11.8. The second kappa shape index (κ2) is 7.61. The first-order valence-electron chi connectivity index (χ1n) is 7.09. The van der Waals surface area contributed by atoms with E-state index < -0.39 is 0 Å². The van der Waals surface area contributed by atoms with Crippen LogP contribution in [0.2, 0.25) is 0 Å². The molecule has 2 fully saturated rings. The second-order valence-electron chi connectivity index (χ2n) is 5.36. The van der Waals surface area contributed by atoms with Crippen molar-refractivity contribution in [2.45, 2.75) is 37.9 Å². The van der Waals surface area contributed by atoms with Crippen LogP contribution in [0.4, 0.5) is 0 Å². The van der Waals surface area contributed by atoms with Crippen LogP contribution in [0.5, 0.6) is 0 Å². The van der Waals surface area contributed by atoms with Gasteiger partial charge in [-0.1, -0.05) is 6.07 Å². The van der Waals surface area contributed by atoms with E-state index in [0.717, 1.165) is 18.5 Å². The monoisotopic (exact) mass is 406 g/mol. The van der Waals surface area contributed by atoms with Crippen LogP contribution >= 0.6 is 35.3 Å². The molecule has 0 radical (unpaired) electrons. The standard InChI is InChI=1S/C14H22N4S.HI/c1-15-14(16-9-13-3-2-8-19-13)17-11-6-7-18(10-11)12-4-5-12;/h2-3,8,11-12H,4-7,9-10H2,1H3,(H2,15,16,17);1H. The van der Waals surface area contributed by atoms with Gasteiger partial charge in [-0.15, -0.1) is 35.3 Å². The van der Waals surface area contributed by atoms with Gasteiger partial charge in [0.05, 0.1) is 6.54 Å². The summed E-state index contributed by atoms with van der Waals surface area (Å²) in [4.78, 5) is 8.27. The van der Waals surface area contributed by atoms with E-state index in [9.17, 15) is 0 Å². The Morgan fingerprint density at radius 3 is 2.95 bits per heavy atom. The van der Waals surface area contributed by atoms with E-state index in [2.05, 4.69) is 38.0 Å². The average Bonchev–Trinajstić information content (AvgIpc) is 2.96. The fourth-order valence-electron chi connectivity index (χ4n) is 2.65. The van der Waals surface area contributed by atoms with Crippen molar-refractivity contribution in [2.24, 2.45) is 4.99 Å². The Kier molecular flexibility index (Phi) is 6.10. The molecule has 3 rings (SSSR count). The first-order chi connectivity index (χ1) is 9.35. The predicted molar refractivity (Wildman–Crippen MR) is 96.1 cm³/mol. The van der Waals surface area contributed by atoms with Crippen molar-refractivity contribution in [1.82, 2.24) is 15.5 Å². The van der Waals surface area contributed by atoms with E-state index in [1.165, 1.54) is 37.2 Å². The van der Waals surface area contributed by atoms with E-state index in [4.69, 9.17) is 0 Å². The zero-order chi connectivity index (χ0) is 13.1. The molecule has 1 unspecified atom stereocenters. The molecule has 4 nitrogen and oxygen atoms in total. The molecule has 6 heteroatoms. The summed E-state index contributed by atoms with van der Waals surface area (Å²) in [6.07, 6.45) is 4.03. The molecule has 20 heavy (non-hydrogen) atoms. The van der Waals surface area contributed by atoms with Gasteiger partial charge in [0.25, 0.3) is 0 Å². The highest BCUT2D eigenvalue weighted by atomic mass is 127. The van der Waals surface area contributed by atoms with Gasteiger partial charge in [-0.25, -0.2) is 0 Å². The van der Waals surface area contributed by atoms with Crippen LogP contribution in [0.25, 0.3) is 0 Å². The molecule has 0 aromatic carbocycles. The Labute approximate surface area is 142 Å². The Balaban J connectivity index is 0.00000147. The highest BCUT2D eigenvalue weighted by Gasteiger charge is 2.34. The maximum Gasteiger partial charge on any atom is 0.191 e. The molecule has 1 saturated carbocycles. The zero-order valence-corrected chi connectivity index (χ0v) is 15.0. The van der Waals surface area contributed by atoms with Crippen molar-refractivity contribution in [1.29, 1.82) is 0 Å². The summed E-state index contributed by atoms with van der Waals surface area (Å²) in [7, 11) is 1.84. The number of hydrogen-bond acceptors (Lipinski definition) is 3. The SMILES string of the molecule is CN=C(NCc1cccs1)NC1CCN(C2CC2)C1.I. The number of halogens is 1. The van der Waals surface area contributed by atoms with E-state index in [-0.39, 0.29) is 24.0 Å². The fraction of sp³-hybridized carbons (Fsp3) is 0.643. The number of guanidine groups is 1. The van der Waals surface area contributed by atoms with E-state index in [0.29, 0.717) is 6.04 Å². The Hall–Kier alpha value is -0.340. The smallest absolute Gasteiger partial charge is 0.191 e. The Morgan fingerprint density at radius 2 is 2.30 bits per heavy atom. The maximum atomic E-state index is 4.32. The molecular formula is C14H23IN4S. The summed E-state index contributed by atoms with van der Waals surface area (Å²) in [5.74, 6) is 0.927. The second-order valence-corrected chi connectivity index (χ2v) is 6.39. The highest BCUT2D eigenvalue weighted by molar-refractivity contribution is 14.0. The number of thiophene rings is 1. The molecule has 0 spiro atoms. The molecule has 1 saturated heterocycles. The molecule has 1 aromatic heterocycles. The van der Waals surface area contributed by atoms with Gasteiger partial charge in [-0.05, 0) is 30.7 Å². The quantitative estimate of drug-likeness (QED) is 0.458. The topological polar surface area (TPSA) is 39.7 Å². The highest BCUT2D eigenvalue weighted by Crippen LogP contribution is 2.29. The largest absolute Gasteiger partial charge is 0.352 e. The van der Waals surface area contributed by atoms with E-state index in [1.54, 1.807) is 11.3 Å². The molecule has 0 bridgehead atoms. The first kappa shape index (κ1) is 16.0. The van der Waals surface area contributed by atoms with Crippen molar-refractivity contribution >= 4 is 41.3 Å². The molecular weight excluding hydrogens is 383 g/mol. The minimum Gasteiger partial charge on any atom is -0.352 e. The van der Waals surface area contributed by atoms with Crippen LogP contribution in [0, 0.1) is 0 Å². The lowest BCUT2D eigenvalue weighted by atomic mass is 10.3. The van der Waals surface area contributed by atoms with E-state index >= 15 is 0 Å². The Bertz CT molecular complexity index is 430. The molecule has 0 amide bonds. The van der Waals surface area contributed by atoms with Gasteiger partial charge in [0, 0.05) is 37.1 Å². The third kappa shape index (κ3) is 4.33. The summed E-state index contributed by atoms with van der Waals surface area (Å²) in [5.41, 5.74) is 0. The lowest BCUT2D eigenvalue weighted by molar-refractivity contribution is 0.321. The summed E-state index contributed by atoms with van der Waals surface area (Å²) >= 11 is 1.78. The lowest BCUT2D eigenvalue weighted by Gasteiger charge is -2.18. The minimum absolute atomic E-state index is 0. The summed E-state index contributed by atoms with van der Waals surface area (Å²) in [5, 5.41) is 9.04. The molecule has 2 N–H and O–H groups in total. The molecule has 1 aromatic rings. The molecule has 1 aliphatic carbocycles. The van der Waals surface area contributed by atoms with Crippen LogP contribution in [0.1, 0.15) is 24.1 Å². The van der Waals surface area contributed by atoms with Crippen molar-refractivity contribution in [2.75, 3.05) is 20.1 Å². The van der Waals surface area contributed by atoms with Crippen LogP contribution in [0.3, 0.4) is 0 Å². The molecule has 2 heterocycles. The number of rotatable bonds is 4. The minimum atomic E-state index is 0. The van der Waals surface area contributed by atoms with Crippen molar-refractivity contribution in [3.05, 3.63) is 22.4 Å². The third-order valence-corrected chi connectivity index (χ3v) is 4.73. The molecule has 1 aliphatic heterocycles. The summed E-state index contributed by atoms with van der Waals surface area (Å²) in [6, 6.07) is 5.67. The average molecular weight is 406 g/mol. The van der Waals surface area contributed by atoms with Crippen LogP contribution < -0.4 is 10.6 Å². The van der Waals surface area contributed by atoms with Gasteiger partial charge in [-0.2, -0.15) is 0 Å². The number of nitrogens with zero attached hydrogens (tertiary/aromatic N) is 2. The van der Waals surface area contributed by atoms with Crippen molar-refractivity contribution < 1.29 is 0 Å². The number of hydrogen-bond donors (Lipinski definition) is 2. The number of aliphatic imine (C=N–C) groups is 1. The van der Waals surface area contributed by atoms with Gasteiger partial charge in [0.2, 0.25) is 0 Å². The fourth-order valence-corrected chi connectivity index (χ4v) is 3.29. The number of nitrogens with one attached hydrogen (secondary N) is 2. The van der Waals surface area contributed by atoms with Gasteiger partial charge in [-0.3, -0.25) is 9.89 Å². The maximum absolute atomic E-state index is 4.32. The van der Waals surface area contributed by atoms with Crippen LogP contribution in [0.15, 0.2) is 22.5 Å². The van der Waals surface area contributed by atoms with Crippen molar-refractivity contribution in [3.8, 4) is 0 Å². The van der Waals surface area contributed by atoms with Crippen LogP contribution in [-0.2, 0) is 6.54 Å². The molecule has 2 aliphatic rings. The van der Waals surface area contributed by atoms with E-state index in [1.807, 2.05) is 7.05 Å². The van der Waals surface area contributed by atoms with Gasteiger partial charge in [0.15, 0.2) is 5.96 Å². The van der Waals surface area contributed by atoms with Gasteiger partial charge in [0.1, 0.15) is 0 Å². The summed E-state index contributed by atoms with van der Waals surface area (Å²) < 4.78 is 0. The first-order valence-corrected chi connectivity index (χ1v) is 7.97. The number of likely N-dealkylation sites (tertiary alicyclic amines) is 1. The third-order valence-electron chi connectivity index (χ3n) is 3.86. The summed E-state index contributed by atoms with van der Waals surface area (Å²) in [6.45, 7) is 3.27. The molecule has 112 valence electrons. The van der Waals surface area contributed by atoms with Gasteiger partial charge >= 0.3 is 0 Å². The normalized spacial score (nSPS) is 23.4.